The maximum absolute atomic E-state index is 13.5. The van der Waals surface area contributed by atoms with E-state index in [-0.39, 0.29) is 25.1 Å². The lowest BCUT2D eigenvalue weighted by molar-refractivity contribution is -0.870. The maximum Gasteiger partial charge on any atom is 0.472 e. The summed E-state index contributed by atoms with van der Waals surface area (Å²) in [5, 5.41) is 3.06. The van der Waals surface area contributed by atoms with Gasteiger partial charge in [-0.1, -0.05) is 277 Å². The summed E-state index contributed by atoms with van der Waals surface area (Å²) < 4.78 is 30.7. The van der Waals surface area contributed by atoms with Crippen molar-refractivity contribution in [3.05, 3.63) is 24.3 Å². The van der Waals surface area contributed by atoms with E-state index < -0.39 is 20.0 Å². The minimum atomic E-state index is -4.44. The fraction of sp³-hybridized carbons (Fsp3) is 0.906. The number of unbranched alkanes of at least 4 members (excludes halogenated alkanes) is 41. The van der Waals surface area contributed by atoms with Gasteiger partial charge in [0.05, 0.1) is 33.8 Å². The van der Waals surface area contributed by atoms with Crippen molar-refractivity contribution in [3.8, 4) is 0 Å². The molecular weight excluding hydrogens is 940 g/mol. The van der Waals surface area contributed by atoms with Crippen LogP contribution in [-0.4, -0.2) is 74.3 Å². The predicted octanol–water partition coefficient (Wildman–Crippen LogP) is 19.7. The predicted molar refractivity (Wildman–Crippen MR) is 319 cm³/mol. The van der Waals surface area contributed by atoms with E-state index in [0.29, 0.717) is 23.9 Å². The van der Waals surface area contributed by atoms with Crippen molar-refractivity contribution in [1.82, 2.24) is 5.32 Å². The molecular formula is C64H126N2O7P+. The number of allylic oxidation sites excluding steroid dienone is 3. The van der Waals surface area contributed by atoms with Crippen LogP contribution in [0, 0.1) is 0 Å². The van der Waals surface area contributed by atoms with E-state index in [2.05, 4.69) is 38.2 Å². The first kappa shape index (κ1) is 72.5. The van der Waals surface area contributed by atoms with Gasteiger partial charge < -0.3 is 19.4 Å². The molecule has 0 fully saturated rings. The molecule has 74 heavy (non-hydrogen) atoms. The lowest BCUT2D eigenvalue weighted by Gasteiger charge is -2.27. The topological polar surface area (TPSA) is 111 Å². The second-order valence-corrected chi connectivity index (χ2v) is 24.7. The molecule has 0 spiro atoms. The molecule has 2 N–H and O–H groups in total. The molecule has 0 aromatic heterocycles. The Bertz CT molecular complexity index is 1320. The summed E-state index contributed by atoms with van der Waals surface area (Å²) in [7, 11) is 1.51. The molecule has 3 unspecified atom stereocenters. The number of ether oxygens (including phenoxy) is 1. The van der Waals surface area contributed by atoms with Gasteiger partial charge in [-0.2, -0.15) is 0 Å². The summed E-state index contributed by atoms with van der Waals surface area (Å²) in [4.78, 5) is 37.7. The number of esters is 1. The second-order valence-electron chi connectivity index (χ2n) is 23.3. The van der Waals surface area contributed by atoms with Crippen molar-refractivity contribution in [2.24, 2.45) is 0 Å². The molecule has 0 rings (SSSR count). The number of rotatable bonds is 59. The van der Waals surface area contributed by atoms with E-state index in [9.17, 15) is 19.0 Å². The van der Waals surface area contributed by atoms with Crippen molar-refractivity contribution < 1.29 is 37.3 Å². The van der Waals surface area contributed by atoms with Crippen molar-refractivity contribution in [1.29, 1.82) is 0 Å². The summed E-state index contributed by atoms with van der Waals surface area (Å²) >= 11 is 0. The Kier molecular flexibility index (Phi) is 53.7. The number of hydrogen-bond donors (Lipinski definition) is 2. The molecule has 0 saturated heterocycles. The molecule has 0 aliphatic heterocycles. The Morgan fingerprint density at radius 2 is 0.784 bits per heavy atom. The van der Waals surface area contributed by atoms with Gasteiger partial charge in [-0.25, -0.2) is 4.57 Å². The summed E-state index contributed by atoms with van der Waals surface area (Å²) in [6, 6.07) is -0.841. The summed E-state index contributed by atoms with van der Waals surface area (Å²) in [6.45, 7) is 7.05. The van der Waals surface area contributed by atoms with Gasteiger partial charge in [-0.15, -0.1) is 0 Å². The van der Waals surface area contributed by atoms with Crippen LogP contribution in [0.4, 0.5) is 0 Å². The second kappa shape index (κ2) is 54.8. The van der Waals surface area contributed by atoms with Crippen LogP contribution in [0.2, 0.25) is 0 Å². The highest BCUT2D eigenvalue weighted by molar-refractivity contribution is 7.47. The minimum Gasteiger partial charge on any atom is -0.456 e. The molecule has 0 aromatic rings. The van der Waals surface area contributed by atoms with Gasteiger partial charge in [-0.3, -0.25) is 18.6 Å². The molecule has 0 heterocycles. The number of amides is 1. The van der Waals surface area contributed by atoms with E-state index >= 15 is 0 Å². The number of phosphoric acid groups is 1. The van der Waals surface area contributed by atoms with Crippen LogP contribution in [0.1, 0.15) is 323 Å². The third-order valence-corrected chi connectivity index (χ3v) is 15.6. The highest BCUT2D eigenvalue weighted by Crippen LogP contribution is 2.43. The highest BCUT2D eigenvalue weighted by atomic mass is 31.2. The fourth-order valence-electron chi connectivity index (χ4n) is 9.64. The third kappa shape index (κ3) is 55.3. The molecule has 0 aromatic carbocycles. The van der Waals surface area contributed by atoms with Gasteiger partial charge in [-0.05, 0) is 57.4 Å². The molecule has 438 valence electrons. The monoisotopic (exact) mass is 1070 g/mol. The van der Waals surface area contributed by atoms with Gasteiger partial charge in [0, 0.05) is 12.8 Å². The highest BCUT2D eigenvalue weighted by Gasteiger charge is 2.30. The van der Waals surface area contributed by atoms with Gasteiger partial charge in [0.15, 0.2) is 0 Å². The third-order valence-electron chi connectivity index (χ3n) is 14.6. The van der Waals surface area contributed by atoms with Gasteiger partial charge in [0.25, 0.3) is 0 Å². The number of nitrogens with one attached hydrogen (secondary N) is 1. The largest absolute Gasteiger partial charge is 0.472 e. The van der Waals surface area contributed by atoms with Crippen LogP contribution in [0.3, 0.4) is 0 Å². The van der Waals surface area contributed by atoms with E-state index in [4.69, 9.17) is 13.8 Å². The van der Waals surface area contributed by atoms with E-state index in [1.165, 1.54) is 231 Å². The van der Waals surface area contributed by atoms with E-state index in [1.54, 1.807) is 0 Å². The summed E-state index contributed by atoms with van der Waals surface area (Å²) in [6.07, 6.45) is 64.6. The Morgan fingerprint density at radius 1 is 0.459 bits per heavy atom. The molecule has 0 saturated carbocycles. The average molecular weight is 1070 g/mol. The van der Waals surface area contributed by atoms with Gasteiger partial charge in [0.1, 0.15) is 19.3 Å². The van der Waals surface area contributed by atoms with Crippen LogP contribution in [-0.2, 0) is 27.9 Å². The molecule has 0 aliphatic carbocycles. The van der Waals surface area contributed by atoms with Crippen LogP contribution in [0.15, 0.2) is 24.3 Å². The van der Waals surface area contributed by atoms with Crippen LogP contribution < -0.4 is 5.32 Å². The first-order chi connectivity index (χ1) is 35.9. The Morgan fingerprint density at radius 3 is 1.15 bits per heavy atom. The van der Waals surface area contributed by atoms with E-state index in [0.717, 1.165) is 57.8 Å². The number of phosphoric ester groups is 1. The smallest absolute Gasteiger partial charge is 0.456 e. The van der Waals surface area contributed by atoms with Crippen LogP contribution in [0.25, 0.3) is 0 Å². The van der Waals surface area contributed by atoms with Crippen LogP contribution in [0.5, 0.6) is 0 Å². The van der Waals surface area contributed by atoms with Crippen molar-refractivity contribution in [3.63, 3.8) is 0 Å². The zero-order valence-corrected chi connectivity index (χ0v) is 51.0. The summed E-state index contributed by atoms with van der Waals surface area (Å²) in [5.74, 6) is -0.488. The number of carbonyl (C=O) groups is 2. The van der Waals surface area contributed by atoms with Gasteiger partial charge >= 0.3 is 13.8 Å². The van der Waals surface area contributed by atoms with E-state index in [1.807, 2.05) is 33.3 Å². The quantitative estimate of drug-likeness (QED) is 0.0205. The molecule has 0 radical (unpaired) electrons. The SMILES string of the molecule is CCCCCCCC/C=C/CCCCCCCCCCCCCCCC(=O)OC(/C=C/CCCCCCCCCCC)C(COP(=O)(O)OCC[N+](C)(C)C)NC(=O)CCCCCCCCCCCCCCCC. The molecule has 3 atom stereocenters. The van der Waals surface area contributed by atoms with Crippen molar-refractivity contribution >= 4 is 19.7 Å². The minimum absolute atomic E-state index is 0.0441. The standard InChI is InChI=1S/C64H125N2O7P/c1-7-10-13-16-19-22-25-27-29-30-31-32-33-34-35-36-37-39-42-45-48-51-54-57-64(68)73-62(55-52-49-46-43-40-24-21-18-15-12-9-3)61(60-72-74(69,70)71-59-58-66(4,5)6)65-63(67)56-53-50-47-44-41-38-28-26-23-20-17-14-11-8-2/h27,29,52,55,61-62H,7-26,28,30-51,53-54,56-60H2,1-6H3,(H-,65,67,69,70)/p+1/b29-27+,55-52+. The normalized spacial score (nSPS) is 13.8. The number of carbonyl (C=O) groups excluding carboxylic acids is 2. The van der Waals surface area contributed by atoms with Gasteiger partial charge in [0.2, 0.25) is 5.91 Å². The average Bonchev–Trinajstić information content (AvgIpc) is 3.36. The molecule has 0 aliphatic rings. The number of hydrogen-bond acceptors (Lipinski definition) is 6. The number of nitrogens with zero attached hydrogens (tertiary/aromatic N) is 1. The Balaban J connectivity index is 5.07. The fourth-order valence-corrected chi connectivity index (χ4v) is 10.4. The Hall–Kier alpha value is -1.51. The molecule has 10 heteroatoms. The molecule has 0 bridgehead atoms. The summed E-state index contributed by atoms with van der Waals surface area (Å²) in [5.41, 5.74) is 0. The lowest BCUT2D eigenvalue weighted by Crippen LogP contribution is -2.47. The van der Waals surface area contributed by atoms with Crippen LogP contribution >= 0.6 is 7.82 Å². The number of quaternary nitrogens is 1. The lowest BCUT2D eigenvalue weighted by atomic mass is 10.0. The maximum atomic E-state index is 13.5. The van der Waals surface area contributed by atoms with Crippen molar-refractivity contribution in [2.75, 3.05) is 40.9 Å². The van der Waals surface area contributed by atoms with Crippen molar-refractivity contribution in [2.45, 2.75) is 335 Å². The zero-order valence-electron chi connectivity index (χ0n) is 50.1. The first-order valence-electron chi connectivity index (χ1n) is 32.2. The number of likely N-dealkylation sites (N-methyl/N-ethyl adjacent to an activating group) is 1. The zero-order chi connectivity index (χ0) is 54.3. The Labute approximate surface area is 460 Å². The molecule has 1 amide bonds. The first-order valence-corrected chi connectivity index (χ1v) is 33.7. The molecule has 9 nitrogen and oxygen atoms in total.